The Kier molecular flexibility index (Phi) is 2.26. The van der Waals surface area contributed by atoms with E-state index in [0.717, 1.165) is 10.7 Å². The summed E-state index contributed by atoms with van der Waals surface area (Å²) in [5.74, 6) is 0.0537. The van der Waals surface area contributed by atoms with Crippen molar-refractivity contribution >= 4 is 28.8 Å². The SMILES string of the molecule is Cc1nc2c(s1)CN(C(=O)CCl)C2. The van der Waals surface area contributed by atoms with E-state index in [9.17, 15) is 4.79 Å². The van der Waals surface area contributed by atoms with E-state index in [2.05, 4.69) is 4.98 Å². The molecule has 0 saturated heterocycles. The highest BCUT2D eigenvalue weighted by Crippen LogP contribution is 2.27. The van der Waals surface area contributed by atoms with Crippen LogP contribution in [0.5, 0.6) is 0 Å². The molecular formula is C8H9ClN2OS. The van der Waals surface area contributed by atoms with Crippen molar-refractivity contribution in [1.82, 2.24) is 9.88 Å². The normalized spacial score (nSPS) is 14.8. The molecule has 0 bridgehead atoms. The highest BCUT2D eigenvalue weighted by molar-refractivity contribution is 7.11. The molecule has 0 aliphatic carbocycles. The summed E-state index contributed by atoms with van der Waals surface area (Å²) in [6.45, 7) is 3.30. The van der Waals surface area contributed by atoms with Gasteiger partial charge in [0.15, 0.2) is 0 Å². The third kappa shape index (κ3) is 1.56. The van der Waals surface area contributed by atoms with Crippen molar-refractivity contribution < 1.29 is 4.79 Å². The maximum Gasteiger partial charge on any atom is 0.238 e. The minimum Gasteiger partial charge on any atom is -0.331 e. The summed E-state index contributed by atoms with van der Waals surface area (Å²) in [7, 11) is 0. The van der Waals surface area contributed by atoms with E-state index in [1.165, 1.54) is 4.88 Å². The summed E-state index contributed by atoms with van der Waals surface area (Å²) < 4.78 is 0. The number of nitrogens with zero attached hydrogens (tertiary/aromatic N) is 2. The minimum absolute atomic E-state index is 0.00970. The van der Waals surface area contributed by atoms with E-state index >= 15 is 0 Å². The number of aryl methyl sites for hydroxylation is 1. The molecule has 1 aliphatic heterocycles. The topological polar surface area (TPSA) is 33.2 Å². The van der Waals surface area contributed by atoms with Gasteiger partial charge in [-0.15, -0.1) is 22.9 Å². The zero-order valence-electron chi connectivity index (χ0n) is 7.21. The van der Waals surface area contributed by atoms with E-state index in [-0.39, 0.29) is 11.8 Å². The molecule has 13 heavy (non-hydrogen) atoms. The molecule has 1 amide bonds. The first-order valence-corrected chi connectivity index (χ1v) is 5.34. The van der Waals surface area contributed by atoms with Crippen LogP contribution >= 0.6 is 22.9 Å². The molecule has 1 aromatic heterocycles. The van der Waals surface area contributed by atoms with Crippen LogP contribution < -0.4 is 0 Å². The lowest BCUT2D eigenvalue weighted by atomic mass is 10.4. The molecule has 2 rings (SSSR count). The summed E-state index contributed by atoms with van der Waals surface area (Å²) in [5.41, 5.74) is 1.04. The van der Waals surface area contributed by atoms with Gasteiger partial charge < -0.3 is 4.90 Å². The van der Waals surface area contributed by atoms with Crippen LogP contribution in [0, 0.1) is 6.92 Å². The number of aromatic nitrogens is 1. The van der Waals surface area contributed by atoms with E-state index in [0.29, 0.717) is 13.1 Å². The monoisotopic (exact) mass is 216 g/mol. The maximum absolute atomic E-state index is 11.2. The minimum atomic E-state index is -0.00970. The summed E-state index contributed by atoms with van der Waals surface area (Å²) in [4.78, 5) is 18.5. The van der Waals surface area contributed by atoms with Gasteiger partial charge >= 0.3 is 0 Å². The third-order valence-electron chi connectivity index (χ3n) is 2.03. The van der Waals surface area contributed by atoms with Crippen LogP contribution in [0.15, 0.2) is 0 Å². The number of carbonyl (C=O) groups is 1. The van der Waals surface area contributed by atoms with E-state index in [4.69, 9.17) is 11.6 Å². The van der Waals surface area contributed by atoms with Gasteiger partial charge in [0.25, 0.3) is 0 Å². The Morgan fingerprint density at radius 3 is 3.08 bits per heavy atom. The molecule has 0 N–H and O–H groups in total. The Morgan fingerprint density at radius 2 is 2.46 bits per heavy atom. The second-order valence-electron chi connectivity index (χ2n) is 2.99. The number of fused-ring (bicyclic) bond motifs is 1. The number of halogens is 1. The summed E-state index contributed by atoms with van der Waals surface area (Å²) >= 11 is 7.13. The predicted octanol–water partition coefficient (Wildman–Crippen LogP) is 1.53. The van der Waals surface area contributed by atoms with Crippen molar-refractivity contribution in [2.75, 3.05) is 5.88 Å². The lowest BCUT2D eigenvalue weighted by Crippen LogP contribution is -2.26. The van der Waals surface area contributed by atoms with Gasteiger partial charge in [-0.25, -0.2) is 4.98 Å². The number of hydrogen-bond acceptors (Lipinski definition) is 3. The van der Waals surface area contributed by atoms with Gasteiger partial charge in [0.1, 0.15) is 5.88 Å². The van der Waals surface area contributed by atoms with E-state index in [1.54, 1.807) is 16.2 Å². The molecule has 0 aromatic carbocycles. The number of hydrogen-bond donors (Lipinski definition) is 0. The molecule has 1 aromatic rings. The molecule has 0 radical (unpaired) electrons. The first-order valence-electron chi connectivity index (χ1n) is 3.99. The fraction of sp³-hybridized carbons (Fsp3) is 0.500. The van der Waals surface area contributed by atoms with Crippen LogP contribution in [0.25, 0.3) is 0 Å². The first kappa shape index (κ1) is 8.97. The van der Waals surface area contributed by atoms with Crippen LogP contribution in [0.4, 0.5) is 0 Å². The Balaban J connectivity index is 2.15. The van der Waals surface area contributed by atoms with E-state index < -0.39 is 0 Å². The van der Waals surface area contributed by atoms with E-state index in [1.807, 2.05) is 6.92 Å². The van der Waals surface area contributed by atoms with Crippen LogP contribution in [0.1, 0.15) is 15.6 Å². The van der Waals surface area contributed by atoms with Crippen LogP contribution in [-0.4, -0.2) is 21.7 Å². The van der Waals surface area contributed by atoms with Crippen molar-refractivity contribution in [2.24, 2.45) is 0 Å². The Labute approximate surface area is 85.3 Å². The lowest BCUT2D eigenvalue weighted by molar-refractivity contribution is -0.129. The number of amides is 1. The van der Waals surface area contributed by atoms with Crippen molar-refractivity contribution in [3.05, 3.63) is 15.6 Å². The third-order valence-corrected chi connectivity index (χ3v) is 3.25. The highest BCUT2D eigenvalue weighted by atomic mass is 35.5. The molecule has 3 nitrogen and oxygen atoms in total. The number of rotatable bonds is 1. The summed E-state index contributed by atoms with van der Waals surface area (Å²) in [6, 6.07) is 0. The van der Waals surface area contributed by atoms with Gasteiger partial charge in [0.2, 0.25) is 5.91 Å². The van der Waals surface area contributed by atoms with Crippen molar-refractivity contribution in [2.45, 2.75) is 20.0 Å². The van der Waals surface area contributed by atoms with Gasteiger partial charge in [0, 0.05) is 4.88 Å². The second kappa shape index (κ2) is 3.27. The van der Waals surface area contributed by atoms with Gasteiger partial charge in [-0.3, -0.25) is 4.79 Å². The molecule has 70 valence electrons. The number of thiazole rings is 1. The summed E-state index contributed by atoms with van der Waals surface area (Å²) in [5, 5.41) is 1.07. The van der Waals surface area contributed by atoms with Crippen molar-refractivity contribution in [3.8, 4) is 0 Å². The standard InChI is InChI=1S/C8H9ClN2OS/c1-5-10-6-3-11(8(12)2-9)4-7(6)13-5/h2-4H2,1H3. The van der Waals surface area contributed by atoms with Gasteiger partial charge in [-0.2, -0.15) is 0 Å². The van der Waals surface area contributed by atoms with Crippen molar-refractivity contribution in [1.29, 1.82) is 0 Å². The highest BCUT2D eigenvalue weighted by Gasteiger charge is 2.25. The fourth-order valence-electron chi connectivity index (χ4n) is 1.43. The number of alkyl halides is 1. The first-order chi connectivity index (χ1) is 6.20. The zero-order chi connectivity index (χ0) is 9.42. The van der Waals surface area contributed by atoms with Gasteiger partial charge in [-0.1, -0.05) is 0 Å². The van der Waals surface area contributed by atoms with Crippen LogP contribution in [-0.2, 0) is 17.9 Å². The second-order valence-corrected chi connectivity index (χ2v) is 4.54. The average Bonchev–Trinajstić information content (AvgIpc) is 2.59. The maximum atomic E-state index is 11.2. The summed E-state index contributed by atoms with van der Waals surface area (Å²) in [6.07, 6.45) is 0. The molecular weight excluding hydrogens is 208 g/mol. The fourth-order valence-corrected chi connectivity index (χ4v) is 2.56. The van der Waals surface area contributed by atoms with Crippen molar-refractivity contribution in [3.63, 3.8) is 0 Å². The Bertz CT molecular complexity index is 326. The predicted molar refractivity (Wildman–Crippen MR) is 51.8 cm³/mol. The molecule has 5 heteroatoms. The molecule has 0 saturated carbocycles. The zero-order valence-corrected chi connectivity index (χ0v) is 8.78. The quantitative estimate of drug-likeness (QED) is 0.668. The van der Waals surface area contributed by atoms with Crippen LogP contribution in [0.2, 0.25) is 0 Å². The van der Waals surface area contributed by atoms with Gasteiger partial charge in [-0.05, 0) is 6.92 Å². The molecule has 0 unspecified atom stereocenters. The molecule has 2 heterocycles. The Morgan fingerprint density at radius 1 is 1.69 bits per heavy atom. The Hall–Kier alpha value is -0.610. The lowest BCUT2D eigenvalue weighted by Gasteiger charge is -2.12. The number of carbonyl (C=O) groups excluding carboxylic acids is 1. The molecule has 1 aliphatic rings. The molecule has 0 atom stereocenters. The van der Waals surface area contributed by atoms with Gasteiger partial charge in [0.05, 0.1) is 23.8 Å². The average molecular weight is 217 g/mol. The van der Waals surface area contributed by atoms with Crippen LogP contribution in [0.3, 0.4) is 0 Å². The smallest absolute Gasteiger partial charge is 0.238 e. The molecule has 0 spiro atoms. The molecule has 0 fully saturated rings. The largest absolute Gasteiger partial charge is 0.331 e.